The van der Waals surface area contributed by atoms with Gasteiger partial charge < -0.3 is 34.4 Å². The van der Waals surface area contributed by atoms with E-state index in [4.69, 9.17) is 19.3 Å². The van der Waals surface area contributed by atoms with Crippen molar-refractivity contribution in [3.63, 3.8) is 0 Å². The van der Waals surface area contributed by atoms with Crippen LogP contribution in [0, 0.1) is 17.2 Å². The summed E-state index contributed by atoms with van der Waals surface area (Å²) in [5.41, 5.74) is 4.75. The van der Waals surface area contributed by atoms with E-state index in [2.05, 4.69) is 56.3 Å². The predicted molar refractivity (Wildman–Crippen MR) is 179 cm³/mol. The van der Waals surface area contributed by atoms with Crippen LogP contribution in [0.2, 0.25) is 0 Å². The van der Waals surface area contributed by atoms with Crippen molar-refractivity contribution < 1.29 is 32.9 Å². The highest BCUT2D eigenvalue weighted by Crippen LogP contribution is 2.39. The largest absolute Gasteiger partial charge is 0.495 e. The Labute approximate surface area is 285 Å². The topological polar surface area (TPSA) is 135 Å². The molecule has 1 aromatic rings. The summed E-state index contributed by atoms with van der Waals surface area (Å²) in [5.74, 6) is -4.19. The number of benzene rings is 1. The summed E-state index contributed by atoms with van der Waals surface area (Å²) >= 11 is 0. The van der Waals surface area contributed by atoms with Crippen LogP contribution in [-0.2, 0) is 14.3 Å². The van der Waals surface area contributed by atoms with Gasteiger partial charge in [0.1, 0.15) is 24.6 Å². The smallest absolute Gasteiger partial charge is 0.290 e. The first-order valence-corrected chi connectivity index (χ1v) is 16.8. The lowest BCUT2D eigenvalue weighted by Gasteiger charge is -2.43. The fraction of sp³-hybridized carbons (Fsp3) is 0.571. The number of nitrogens with one attached hydrogen (secondary N) is 2. The van der Waals surface area contributed by atoms with E-state index in [-0.39, 0.29) is 25.2 Å². The molecular formula is C35H45F2N7O5. The van der Waals surface area contributed by atoms with Gasteiger partial charge in [0.15, 0.2) is 0 Å². The number of aliphatic hydroxyl groups excluding tert-OH is 1. The molecule has 264 valence electrons. The van der Waals surface area contributed by atoms with Crippen LogP contribution >= 0.6 is 0 Å². The van der Waals surface area contributed by atoms with E-state index in [0.717, 1.165) is 78.1 Å². The number of halogens is 2. The van der Waals surface area contributed by atoms with Gasteiger partial charge in [0.2, 0.25) is 5.91 Å². The number of nitriles is 1. The zero-order valence-corrected chi connectivity index (χ0v) is 28.0. The average molecular weight is 682 g/mol. The number of alkyl halides is 2. The number of carbonyl (C=O) groups excluding carboxylic acids is 1. The second-order valence-corrected chi connectivity index (χ2v) is 13.1. The summed E-state index contributed by atoms with van der Waals surface area (Å²) < 4.78 is 47.0. The average Bonchev–Trinajstić information content (AvgIpc) is 3.53. The number of amides is 1. The standard InChI is InChI=1S/C35H45F2N7O5/c1-4-29(49-31-7-8-44(32(46)17-45)20-35(31,36)37)24(16-38)13-22(2)33-26-15-27(41-34(26)40-21-39-33)23-5-6-28(30(14-23)47-3)43-11-9-42(10-12-43)25-18-48-19-25/h4-6,13-14,21,24-25,27,29,31,34,41,45H,1,7-12,15,17-20H2,2-3H3,(H,39,40)/b22-13+/t24-,27-,29?,31?,34+/m0/s1. The number of carbonyl (C=O) groups is 1. The molecule has 14 heteroatoms. The minimum Gasteiger partial charge on any atom is -0.495 e. The highest BCUT2D eigenvalue weighted by atomic mass is 19.3. The summed E-state index contributed by atoms with van der Waals surface area (Å²) in [5, 5.41) is 26.0. The van der Waals surface area contributed by atoms with Crippen LogP contribution in [0.4, 0.5) is 14.5 Å². The number of methoxy groups -OCH3 is 1. The van der Waals surface area contributed by atoms with Gasteiger partial charge >= 0.3 is 0 Å². The van der Waals surface area contributed by atoms with E-state index in [1.165, 1.54) is 6.08 Å². The highest BCUT2D eigenvalue weighted by molar-refractivity contribution is 5.77. The molecule has 5 aliphatic rings. The van der Waals surface area contributed by atoms with Crippen LogP contribution in [0.1, 0.15) is 31.4 Å². The highest BCUT2D eigenvalue weighted by Gasteiger charge is 2.48. The van der Waals surface area contributed by atoms with Gasteiger partial charge in [-0.1, -0.05) is 18.2 Å². The molecule has 49 heavy (non-hydrogen) atoms. The summed E-state index contributed by atoms with van der Waals surface area (Å²) in [6, 6.07) is 9.06. The van der Waals surface area contributed by atoms with E-state index in [9.17, 15) is 18.8 Å². The van der Waals surface area contributed by atoms with Crippen molar-refractivity contribution in [1.29, 1.82) is 5.26 Å². The van der Waals surface area contributed by atoms with E-state index in [0.29, 0.717) is 12.5 Å². The first-order chi connectivity index (χ1) is 23.6. The Morgan fingerprint density at radius 3 is 2.69 bits per heavy atom. The molecule has 1 amide bonds. The van der Waals surface area contributed by atoms with Crippen molar-refractivity contribution in [3.8, 4) is 11.8 Å². The maximum Gasteiger partial charge on any atom is 0.290 e. The van der Waals surface area contributed by atoms with Crippen molar-refractivity contribution in [1.82, 2.24) is 20.4 Å². The van der Waals surface area contributed by atoms with Gasteiger partial charge in [-0.3, -0.25) is 20.0 Å². The first-order valence-electron chi connectivity index (χ1n) is 16.8. The van der Waals surface area contributed by atoms with Gasteiger partial charge in [-0.25, -0.2) is 8.78 Å². The minimum absolute atomic E-state index is 0.0207. The Balaban J connectivity index is 1.14. The minimum atomic E-state index is -3.35. The van der Waals surface area contributed by atoms with Gasteiger partial charge in [-0.2, -0.15) is 5.26 Å². The first kappa shape index (κ1) is 35.0. The zero-order chi connectivity index (χ0) is 34.7. The molecule has 6 rings (SSSR count). The van der Waals surface area contributed by atoms with Crippen LogP contribution in [-0.4, -0.2) is 124 Å². The maximum absolute atomic E-state index is 15.0. The van der Waals surface area contributed by atoms with E-state index in [1.807, 2.05) is 6.92 Å². The second kappa shape index (κ2) is 14.9. The summed E-state index contributed by atoms with van der Waals surface area (Å²) in [6.07, 6.45) is 2.44. The molecule has 5 atom stereocenters. The number of anilines is 1. The van der Waals surface area contributed by atoms with Crippen molar-refractivity contribution in [2.75, 3.05) is 71.1 Å². The molecular weight excluding hydrogens is 636 g/mol. The Morgan fingerprint density at radius 1 is 1.29 bits per heavy atom. The molecule has 0 spiro atoms. The van der Waals surface area contributed by atoms with Crippen molar-refractivity contribution in [2.45, 2.75) is 56.1 Å². The molecule has 0 radical (unpaired) electrons. The fourth-order valence-electron chi connectivity index (χ4n) is 7.27. The summed E-state index contributed by atoms with van der Waals surface area (Å²) in [7, 11) is 1.70. The number of aliphatic imine (C=N–C) groups is 1. The molecule has 0 saturated carbocycles. The lowest BCUT2D eigenvalue weighted by molar-refractivity contribution is -0.190. The zero-order valence-electron chi connectivity index (χ0n) is 28.0. The number of fused-ring (bicyclic) bond motifs is 1. The third-order valence-electron chi connectivity index (χ3n) is 10.2. The number of hydrogen-bond donors (Lipinski definition) is 3. The van der Waals surface area contributed by atoms with Crippen molar-refractivity contribution in [2.24, 2.45) is 10.9 Å². The Bertz CT molecular complexity index is 1530. The third-order valence-corrected chi connectivity index (χ3v) is 10.2. The number of aliphatic hydroxyl groups is 1. The summed E-state index contributed by atoms with van der Waals surface area (Å²) in [4.78, 5) is 22.2. The molecule has 0 aromatic heterocycles. The van der Waals surface area contributed by atoms with Gasteiger partial charge in [-0.15, -0.1) is 6.58 Å². The normalized spacial score (nSPS) is 27.1. The third kappa shape index (κ3) is 7.36. The molecule has 3 N–H and O–H groups in total. The number of likely N-dealkylation sites (tertiary alicyclic amines) is 1. The van der Waals surface area contributed by atoms with Crippen LogP contribution in [0.25, 0.3) is 0 Å². The van der Waals surface area contributed by atoms with E-state index < -0.39 is 43.1 Å². The predicted octanol–water partition coefficient (Wildman–Crippen LogP) is 2.35. The lowest BCUT2D eigenvalue weighted by Crippen LogP contribution is -2.56. The molecule has 5 heterocycles. The molecule has 5 aliphatic heterocycles. The van der Waals surface area contributed by atoms with E-state index in [1.54, 1.807) is 19.5 Å². The number of hydrogen-bond acceptors (Lipinski definition) is 11. The quantitative estimate of drug-likeness (QED) is 0.299. The molecule has 12 nitrogen and oxygen atoms in total. The van der Waals surface area contributed by atoms with Gasteiger partial charge in [-0.05, 0) is 48.6 Å². The SMILES string of the molecule is C=CC(OC1CCN(C(=O)CO)CC1(F)F)[C@H](C#N)/C=C(\C)C1=C2C[C@@H](c3ccc(N4CCN(C5COC5)CC4)c(OC)c3)N[C@H]2N=CN1. The van der Waals surface area contributed by atoms with Crippen molar-refractivity contribution in [3.05, 3.63) is 59.3 Å². The molecule has 0 bridgehead atoms. The van der Waals surface area contributed by atoms with Crippen LogP contribution in [0.3, 0.4) is 0 Å². The summed E-state index contributed by atoms with van der Waals surface area (Å²) in [6.45, 7) is 9.43. The van der Waals surface area contributed by atoms with Crippen LogP contribution < -0.4 is 20.3 Å². The molecule has 0 aliphatic carbocycles. The Hall–Kier alpha value is -3.87. The number of piperidine rings is 1. The molecule has 2 unspecified atom stereocenters. The number of allylic oxidation sites excluding steroid dienone is 1. The van der Waals surface area contributed by atoms with Crippen molar-refractivity contribution >= 4 is 17.9 Å². The number of nitrogens with zero attached hydrogens (tertiary/aromatic N) is 5. The molecule has 4 fully saturated rings. The van der Waals surface area contributed by atoms with Crippen LogP contribution in [0.5, 0.6) is 5.75 Å². The van der Waals surface area contributed by atoms with Gasteiger partial charge in [0.25, 0.3) is 5.92 Å². The van der Waals surface area contributed by atoms with Crippen LogP contribution in [0.15, 0.2) is 58.8 Å². The molecule has 1 aromatic carbocycles. The van der Waals surface area contributed by atoms with Gasteiger partial charge in [0, 0.05) is 44.5 Å². The fourth-order valence-corrected chi connectivity index (χ4v) is 7.27. The Morgan fingerprint density at radius 2 is 2.06 bits per heavy atom. The number of ether oxygens (including phenoxy) is 3. The lowest BCUT2D eigenvalue weighted by atomic mass is 9.94. The monoisotopic (exact) mass is 681 g/mol. The number of piperazine rings is 1. The van der Waals surface area contributed by atoms with E-state index >= 15 is 0 Å². The number of rotatable bonds is 11. The Kier molecular flexibility index (Phi) is 10.7. The molecule has 4 saturated heterocycles. The maximum atomic E-state index is 15.0. The van der Waals surface area contributed by atoms with Gasteiger partial charge in [0.05, 0.1) is 63.0 Å². The second-order valence-electron chi connectivity index (χ2n) is 13.1.